The van der Waals surface area contributed by atoms with Gasteiger partial charge in [-0.2, -0.15) is 5.10 Å². The summed E-state index contributed by atoms with van der Waals surface area (Å²) < 4.78 is 4.62. The highest BCUT2D eigenvalue weighted by Gasteiger charge is 2.46. The maximum Gasteiger partial charge on any atom is 0.314 e. The molecular weight excluding hydrogens is 412 g/mol. The molecule has 5 heterocycles. The van der Waals surface area contributed by atoms with Crippen molar-refractivity contribution >= 4 is 33.0 Å². The zero-order chi connectivity index (χ0) is 18.8. The predicted octanol–water partition coefficient (Wildman–Crippen LogP) is 2.04. The molecular formula is C18H19BrN6O2. The van der Waals surface area contributed by atoms with Gasteiger partial charge in [0.25, 0.3) is 0 Å². The Kier molecular flexibility index (Phi) is 3.60. The Balaban J connectivity index is 1.54. The predicted molar refractivity (Wildman–Crippen MR) is 103 cm³/mol. The van der Waals surface area contributed by atoms with Crippen molar-refractivity contribution in [3.8, 4) is 11.3 Å². The lowest BCUT2D eigenvalue weighted by Crippen LogP contribution is -2.36. The molecule has 3 aromatic rings. The largest absolute Gasteiger partial charge is 0.376 e. The first-order valence-corrected chi connectivity index (χ1v) is 9.68. The average Bonchev–Trinajstić information content (AvgIpc) is 3.40. The molecule has 2 aliphatic rings. The summed E-state index contributed by atoms with van der Waals surface area (Å²) in [5, 5.41) is 15.2. The van der Waals surface area contributed by atoms with E-state index >= 15 is 0 Å². The Labute approximate surface area is 163 Å². The number of hydrogen-bond donors (Lipinski definition) is 2. The molecule has 1 unspecified atom stereocenters. The van der Waals surface area contributed by atoms with E-state index < -0.39 is 0 Å². The molecule has 1 saturated heterocycles. The van der Waals surface area contributed by atoms with E-state index in [0.29, 0.717) is 13.1 Å². The summed E-state index contributed by atoms with van der Waals surface area (Å²) in [5.74, 6) is 0. The van der Waals surface area contributed by atoms with E-state index in [9.17, 15) is 9.90 Å². The van der Waals surface area contributed by atoms with Crippen molar-refractivity contribution in [2.24, 2.45) is 5.73 Å². The number of aliphatic hydroxyl groups is 1. The minimum absolute atomic E-state index is 0.0430. The molecule has 140 valence electrons. The number of pyridine rings is 1. The van der Waals surface area contributed by atoms with E-state index in [2.05, 4.69) is 31.7 Å². The summed E-state index contributed by atoms with van der Waals surface area (Å²) in [7, 11) is 0. The number of fused-ring (bicyclic) bond motifs is 3. The third-order valence-corrected chi connectivity index (χ3v) is 6.54. The molecule has 9 heteroatoms. The molecule has 8 nitrogen and oxygen atoms in total. The molecule has 2 amide bonds. The van der Waals surface area contributed by atoms with Gasteiger partial charge in [0.15, 0.2) is 0 Å². The van der Waals surface area contributed by atoms with Gasteiger partial charge in [-0.15, -0.1) is 0 Å². The number of nitrogens with zero attached hydrogens (tertiary/aromatic N) is 5. The summed E-state index contributed by atoms with van der Waals surface area (Å²) in [6, 6.07) is 3.81. The van der Waals surface area contributed by atoms with E-state index in [-0.39, 0.29) is 18.2 Å². The van der Waals surface area contributed by atoms with Crippen LogP contribution in [0.2, 0.25) is 0 Å². The van der Waals surface area contributed by atoms with Crippen molar-refractivity contribution in [1.82, 2.24) is 24.2 Å². The lowest BCUT2D eigenvalue weighted by molar-refractivity contribution is 0.214. The van der Waals surface area contributed by atoms with Gasteiger partial charge in [-0.3, -0.25) is 4.68 Å². The van der Waals surface area contributed by atoms with Gasteiger partial charge >= 0.3 is 6.03 Å². The van der Waals surface area contributed by atoms with Crippen molar-refractivity contribution in [2.45, 2.75) is 31.5 Å². The van der Waals surface area contributed by atoms with E-state index in [4.69, 9.17) is 10.8 Å². The monoisotopic (exact) mass is 430 g/mol. The van der Waals surface area contributed by atoms with Crippen molar-refractivity contribution in [2.75, 3.05) is 13.1 Å². The molecule has 2 aliphatic heterocycles. The fraction of sp³-hybridized carbons (Fsp3) is 0.389. The highest BCUT2D eigenvalue weighted by molar-refractivity contribution is 9.10. The van der Waals surface area contributed by atoms with Crippen LogP contribution in [-0.2, 0) is 18.7 Å². The van der Waals surface area contributed by atoms with Crippen LogP contribution in [0.3, 0.4) is 0 Å². The van der Waals surface area contributed by atoms with Crippen molar-refractivity contribution in [3.05, 3.63) is 34.7 Å². The Morgan fingerprint density at radius 2 is 2.15 bits per heavy atom. The second-order valence-electron chi connectivity index (χ2n) is 7.36. The van der Waals surface area contributed by atoms with Crippen molar-refractivity contribution in [3.63, 3.8) is 0 Å². The van der Waals surface area contributed by atoms with Crippen LogP contribution in [0.5, 0.6) is 0 Å². The molecule has 3 N–H and O–H groups in total. The van der Waals surface area contributed by atoms with Gasteiger partial charge in [0.2, 0.25) is 0 Å². The van der Waals surface area contributed by atoms with Crippen molar-refractivity contribution < 1.29 is 9.90 Å². The number of nitrogens with two attached hydrogens (primary N) is 1. The first kappa shape index (κ1) is 16.8. The Bertz CT molecular complexity index is 1070. The number of likely N-dealkylation sites (tertiary alicyclic amines) is 1. The minimum atomic E-state index is -0.349. The molecule has 3 aromatic heterocycles. The van der Waals surface area contributed by atoms with E-state index in [1.54, 1.807) is 15.7 Å². The molecule has 1 atom stereocenters. The van der Waals surface area contributed by atoms with Gasteiger partial charge in [-0.05, 0) is 40.9 Å². The number of amides is 2. The smallest absolute Gasteiger partial charge is 0.314 e. The zero-order valence-electron chi connectivity index (χ0n) is 14.6. The third-order valence-electron chi connectivity index (χ3n) is 5.90. The Morgan fingerprint density at radius 3 is 2.89 bits per heavy atom. The molecule has 5 rings (SSSR count). The lowest BCUT2D eigenvalue weighted by atomic mass is 9.82. The first-order chi connectivity index (χ1) is 13.0. The van der Waals surface area contributed by atoms with Crippen LogP contribution in [0.25, 0.3) is 22.3 Å². The summed E-state index contributed by atoms with van der Waals surface area (Å²) >= 11 is 3.53. The number of urea groups is 1. The topological polar surface area (TPSA) is 102 Å². The maximum atomic E-state index is 11.6. The van der Waals surface area contributed by atoms with Gasteiger partial charge < -0.3 is 20.3 Å². The Hall–Kier alpha value is -2.39. The zero-order valence-corrected chi connectivity index (χ0v) is 16.2. The number of halogens is 1. The maximum absolute atomic E-state index is 11.6. The standard InChI is InChI=1S/C18H19BrN6O2/c19-13-8-24(10-26)16-12(13)5-11(7-21-16)14-6-15-18(2-4-25(15)22-14)1-3-23(9-18)17(20)27/h5-8,26H,1-4,9-10H2,(H2,20,27). The molecule has 0 aromatic carbocycles. The second kappa shape index (κ2) is 5.80. The second-order valence-corrected chi connectivity index (χ2v) is 8.22. The summed E-state index contributed by atoms with van der Waals surface area (Å²) in [6.45, 7) is 2.09. The van der Waals surface area contributed by atoms with E-state index in [1.807, 2.05) is 12.3 Å². The van der Waals surface area contributed by atoms with Crippen LogP contribution < -0.4 is 5.73 Å². The highest BCUT2D eigenvalue weighted by atomic mass is 79.9. The molecule has 1 spiro atoms. The van der Waals surface area contributed by atoms with Crippen LogP contribution in [0.15, 0.2) is 29.0 Å². The normalized spacial score (nSPS) is 21.5. The van der Waals surface area contributed by atoms with Gasteiger partial charge in [0, 0.05) is 58.6 Å². The number of aliphatic hydroxyl groups excluding tert-OH is 1. The van der Waals surface area contributed by atoms with Crippen LogP contribution in [0.4, 0.5) is 4.79 Å². The first-order valence-electron chi connectivity index (χ1n) is 8.89. The van der Waals surface area contributed by atoms with Gasteiger partial charge in [0.1, 0.15) is 12.4 Å². The summed E-state index contributed by atoms with van der Waals surface area (Å²) in [6.07, 6.45) is 5.52. The molecule has 1 fully saturated rings. The number of hydrogen-bond acceptors (Lipinski definition) is 4. The summed E-state index contributed by atoms with van der Waals surface area (Å²) in [4.78, 5) is 17.8. The minimum Gasteiger partial charge on any atom is -0.376 e. The average molecular weight is 431 g/mol. The van der Waals surface area contributed by atoms with Gasteiger partial charge in [-0.25, -0.2) is 9.78 Å². The molecule has 0 radical (unpaired) electrons. The molecule has 0 aliphatic carbocycles. The molecule has 0 bridgehead atoms. The van der Waals surface area contributed by atoms with Crippen LogP contribution in [0.1, 0.15) is 18.5 Å². The number of aromatic nitrogens is 4. The number of aryl methyl sites for hydroxylation is 1. The fourth-order valence-corrected chi connectivity index (χ4v) is 4.99. The molecule has 0 saturated carbocycles. The van der Waals surface area contributed by atoms with Crippen molar-refractivity contribution in [1.29, 1.82) is 0 Å². The van der Waals surface area contributed by atoms with Gasteiger partial charge in [-0.1, -0.05) is 0 Å². The fourth-order valence-electron chi connectivity index (χ4n) is 4.45. The Morgan fingerprint density at radius 1 is 1.33 bits per heavy atom. The lowest BCUT2D eigenvalue weighted by Gasteiger charge is -2.22. The van der Waals surface area contributed by atoms with Crippen LogP contribution in [0, 0.1) is 0 Å². The highest BCUT2D eigenvalue weighted by Crippen LogP contribution is 2.43. The number of primary amides is 1. The van der Waals surface area contributed by atoms with Gasteiger partial charge in [0.05, 0.1) is 5.69 Å². The quantitative estimate of drug-likeness (QED) is 0.648. The molecule has 27 heavy (non-hydrogen) atoms. The SMILES string of the molecule is NC(=O)N1CCC2(CCn3nc(-c4cnc5c(c4)c(Br)cn5CO)cc32)C1. The number of rotatable bonds is 2. The number of carbonyl (C=O) groups is 1. The van der Waals surface area contributed by atoms with E-state index in [1.165, 1.54) is 5.69 Å². The van der Waals surface area contributed by atoms with Crippen LogP contribution in [-0.4, -0.2) is 48.5 Å². The third kappa shape index (κ3) is 2.41. The van der Waals surface area contributed by atoms with Crippen LogP contribution >= 0.6 is 15.9 Å². The summed E-state index contributed by atoms with van der Waals surface area (Å²) in [5.41, 5.74) is 9.14. The number of carbonyl (C=O) groups excluding carboxylic acids is 1. The van der Waals surface area contributed by atoms with E-state index in [0.717, 1.165) is 46.1 Å².